The van der Waals surface area contributed by atoms with Crippen molar-refractivity contribution >= 4 is 62.2 Å². The number of hydrogen-bond donors (Lipinski definition) is 5. The highest BCUT2D eigenvalue weighted by Crippen LogP contribution is 2.41. The summed E-state index contributed by atoms with van der Waals surface area (Å²) in [6.45, 7) is 22.9. The van der Waals surface area contributed by atoms with Crippen molar-refractivity contribution in [3.63, 3.8) is 0 Å². The lowest BCUT2D eigenvalue weighted by Crippen LogP contribution is -2.46. The molecule has 0 spiro atoms. The third-order valence-corrected chi connectivity index (χ3v) is 19.5. The molecule has 3 aromatic rings. The zero-order valence-electron chi connectivity index (χ0n) is 42.5. The normalized spacial score (nSPS) is 12.8. The standard InChI is InChI=1S/C49H75N5O12SSi2/c1-12-61-68(62-13-2,63-14-3)26-20-24-50-31-43(55)52-29-39-33(7)40(30-53-44(56)32-51-25-21-27-69(64-15-4,65-16-5)66-17-6)35(9)47(34(39)8)54-41-28-42(67(11,59)60)36(10)45-46(41)49(58)38-23-19-18-22-37(38)48(45)57/h18-19,22-23,28,50-51,54H,12-17,20-21,24-27,29-32H2,1-11H3,(H,52,55)(H,53,56). The third kappa shape index (κ3) is 14.7. The summed E-state index contributed by atoms with van der Waals surface area (Å²) in [5.74, 6) is -1.36. The number of fused-ring (bicyclic) bond motifs is 2. The second-order valence-corrected chi connectivity index (χ2v) is 24.1. The van der Waals surface area contributed by atoms with Gasteiger partial charge in [0.1, 0.15) is 0 Å². The van der Waals surface area contributed by atoms with Gasteiger partial charge in [-0.25, -0.2) is 8.42 Å². The van der Waals surface area contributed by atoms with Crippen molar-refractivity contribution in [2.75, 3.05) is 77.4 Å². The first-order valence-corrected chi connectivity index (χ1v) is 29.9. The molecule has 0 unspecified atom stereocenters. The molecule has 0 aliphatic heterocycles. The summed E-state index contributed by atoms with van der Waals surface area (Å²) in [7, 11) is -9.53. The number of anilines is 2. The molecule has 17 nitrogen and oxygen atoms in total. The SMILES string of the molecule is CCO[Si](CCCNCC(=O)NCc1c(C)c(CNC(=O)CNCCC[Si](OCC)(OCC)OCC)c(C)c(Nc2cc(S(C)(=O)=O)c(C)c3c2C(=O)c2ccccc2C3=O)c1C)(OCC)OCC. The molecule has 20 heteroatoms. The van der Waals surface area contributed by atoms with E-state index < -0.39 is 39.0 Å². The van der Waals surface area contributed by atoms with Crippen LogP contribution in [0.4, 0.5) is 11.4 Å². The Kier molecular flexibility index (Phi) is 22.3. The number of sulfone groups is 1. The van der Waals surface area contributed by atoms with E-state index in [1.807, 2.05) is 62.3 Å². The van der Waals surface area contributed by atoms with Gasteiger partial charge >= 0.3 is 17.6 Å². The minimum Gasteiger partial charge on any atom is -0.374 e. The van der Waals surface area contributed by atoms with Gasteiger partial charge in [-0.1, -0.05) is 24.3 Å². The van der Waals surface area contributed by atoms with Crippen LogP contribution in [-0.4, -0.2) is 121 Å². The average Bonchev–Trinajstić information content (AvgIpc) is 3.29. The van der Waals surface area contributed by atoms with Crippen molar-refractivity contribution in [1.29, 1.82) is 0 Å². The number of ketones is 2. The van der Waals surface area contributed by atoms with Gasteiger partial charge in [0, 0.05) is 93.5 Å². The maximum atomic E-state index is 14.3. The fourth-order valence-corrected chi connectivity index (χ4v) is 15.1. The van der Waals surface area contributed by atoms with Crippen molar-refractivity contribution in [1.82, 2.24) is 21.3 Å². The molecule has 2 amide bonds. The molecule has 382 valence electrons. The van der Waals surface area contributed by atoms with E-state index >= 15 is 0 Å². The van der Waals surface area contributed by atoms with Crippen LogP contribution in [0.5, 0.6) is 0 Å². The number of nitrogens with one attached hydrogen (secondary N) is 5. The number of carbonyl (C=O) groups is 4. The molecule has 0 radical (unpaired) electrons. The van der Waals surface area contributed by atoms with E-state index in [0.717, 1.165) is 34.1 Å². The Balaban J connectivity index is 1.64. The first-order valence-electron chi connectivity index (χ1n) is 24.1. The van der Waals surface area contributed by atoms with Crippen molar-refractivity contribution in [3.8, 4) is 0 Å². The number of hydrogen-bond acceptors (Lipinski definition) is 15. The molecule has 0 aromatic heterocycles. The van der Waals surface area contributed by atoms with Gasteiger partial charge in [0.2, 0.25) is 11.8 Å². The zero-order chi connectivity index (χ0) is 50.9. The van der Waals surface area contributed by atoms with Crippen LogP contribution in [0, 0.1) is 27.7 Å². The summed E-state index contributed by atoms with van der Waals surface area (Å²) in [4.78, 5) is 55.1. The highest BCUT2D eigenvalue weighted by Gasteiger charge is 2.41. The lowest BCUT2D eigenvalue weighted by atomic mass is 9.81. The highest BCUT2D eigenvalue weighted by molar-refractivity contribution is 7.90. The molecule has 1 aliphatic carbocycles. The summed E-state index contributed by atoms with van der Waals surface area (Å²) >= 11 is 0. The van der Waals surface area contributed by atoms with Gasteiger partial charge in [0.05, 0.1) is 29.2 Å². The number of benzene rings is 3. The maximum Gasteiger partial charge on any atom is 0.500 e. The molecule has 4 rings (SSSR count). The van der Waals surface area contributed by atoms with Crippen molar-refractivity contribution in [3.05, 3.63) is 86.0 Å². The lowest BCUT2D eigenvalue weighted by Gasteiger charge is -2.28. The Hall–Kier alpha value is -4.20. The van der Waals surface area contributed by atoms with E-state index in [0.29, 0.717) is 83.3 Å². The number of amides is 2. The number of rotatable bonds is 31. The molecule has 3 aromatic carbocycles. The molecular formula is C49H75N5O12SSi2. The quantitative estimate of drug-likeness (QED) is 0.0283. The summed E-state index contributed by atoms with van der Waals surface area (Å²) in [5, 5.41) is 15.9. The van der Waals surface area contributed by atoms with Crippen LogP contribution in [0.25, 0.3) is 0 Å². The van der Waals surface area contributed by atoms with Gasteiger partial charge in [-0.15, -0.1) is 0 Å². The average molecular weight is 1010 g/mol. The fourth-order valence-electron chi connectivity index (χ4n) is 8.85. The molecule has 0 saturated carbocycles. The topological polar surface area (TPSA) is 218 Å². The van der Waals surface area contributed by atoms with Crippen LogP contribution >= 0.6 is 0 Å². The first kappa shape index (κ1) is 57.4. The van der Waals surface area contributed by atoms with Crippen LogP contribution in [0.3, 0.4) is 0 Å². The van der Waals surface area contributed by atoms with Crippen molar-refractivity contribution < 1.29 is 54.2 Å². The van der Waals surface area contributed by atoms with Crippen LogP contribution in [0.1, 0.15) is 120 Å². The van der Waals surface area contributed by atoms with Crippen LogP contribution in [0.2, 0.25) is 12.1 Å². The Morgan fingerprint density at radius 3 is 1.35 bits per heavy atom. The minimum atomic E-state index is -3.88. The van der Waals surface area contributed by atoms with E-state index in [1.165, 1.54) is 6.07 Å². The van der Waals surface area contributed by atoms with Gasteiger partial charge < -0.3 is 53.1 Å². The molecule has 0 fully saturated rings. The van der Waals surface area contributed by atoms with Crippen LogP contribution in [-0.2, 0) is 59.1 Å². The molecule has 1 aliphatic rings. The highest BCUT2D eigenvalue weighted by atomic mass is 32.2. The smallest absolute Gasteiger partial charge is 0.374 e. The maximum absolute atomic E-state index is 14.3. The molecule has 5 N–H and O–H groups in total. The Labute approximate surface area is 411 Å². The second-order valence-electron chi connectivity index (χ2n) is 16.7. The van der Waals surface area contributed by atoms with Crippen molar-refractivity contribution in [2.45, 2.75) is 112 Å². The van der Waals surface area contributed by atoms with Gasteiger partial charge in [-0.05, 0) is 135 Å². The number of carbonyl (C=O) groups excluding carboxylic acids is 4. The van der Waals surface area contributed by atoms with E-state index in [2.05, 4.69) is 26.6 Å². The zero-order valence-corrected chi connectivity index (χ0v) is 45.3. The van der Waals surface area contributed by atoms with Crippen LogP contribution in [0.15, 0.2) is 35.2 Å². The molecule has 0 atom stereocenters. The Morgan fingerprint density at radius 1 is 0.580 bits per heavy atom. The summed E-state index contributed by atoms with van der Waals surface area (Å²) < 4.78 is 62.4. The van der Waals surface area contributed by atoms with Crippen molar-refractivity contribution in [2.24, 2.45) is 0 Å². The fraction of sp³-hybridized carbons (Fsp3) is 0.551. The second kappa shape index (κ2) is 26.9. The molecule has 0 bridgehead atoms. The summed E-state index contributed by atoms with van der Waals surface area (Å²) in [6, 6.07) is 9.12. The third-order valence-electron chi connectivity index (χ3n) is 12.0. The molecule has 0 saturated heterocycles. The van der Waals surface area contributed by atoms with Gasteiger partial charge in [-0.3, -0.25) is 19.2 Å². The van der Waals surface area contributed by atoms with E-state index in [1.54, 1.807) is 31.2 Å². The molecule has 0 heterocycles. The molecule has 69 heavy (non-hydrogen) atoms. The predicted octanol–water partition coefficient (Wildman–Crippen LogP) is 6.13. The Morgan fingerprint density at radius 2 is 0.971 bits per heavy atom. The lowest BCUT2D eigenvalue weighted by molar-refractivity contribution is -0.121. The monoisotopic (exact) mass is 1010 g/mol. The first-order chi connectivity index (χ1) is 32.9. The van der Waals surface area contributed by atoms with E-state index in [4.69, 9.17) is 26.6 Å². The molecular weight excluding hydrogens is 939 g/mol. The summed E-state index contributed by atoms with van der Waals surface area (Å²) in [6.07, 6.45) is 2.42. The predicted molar refractivity (Wildman–Crippen MR) is 271 cm³/mol. The Bertz CT molecular complexity index is 2290. The van der Waals surface area contributed by atoms with Gasteiger partial charge in [0.15, 0.2) is 21.4 Å². The van der Waals surface area contributed by atoms with Gasteiger partial charge in [0.25, 0.3) is 0 Å². The van der Waals surface area contributed by atoms with E-state index in [-0.39, 0.29) is 76.4 Å². The van der Waals surface area contributed by atoms with Gasteiger partial charge in [-0.2, -0.15) is 0 Å². The largest absolute Gasteiger partial charge is 0.500 e. The minimum absolute atomic E-state index is 0.0231. The van der Waals surface area contributed by atoms with Crippen LogP contribution < -0.4 is 26.6 Å². The summed E-state index contributed by atoms with van der Waals surface area (Å²) in [5.41, 5.74) is 5.14. The van der Waals surface area contributed by atoms with E-state index in [9.17, 15) is 27.6 Å².